The monoisotopic (exact) mass is 532 g/mol. The van der Waals surface area contributed by atoms with Gasteiger partial charge in [0.15, 0.2) is 11.7 Å². The van der Waals surface area contributed by atoms with Crippen molar-refractivity contribution >= 4 is 29.9 Å². The van der Waals surface area contributed by atoms with Gasteiger partial charge >= 0.3 is 0 Å². The first kappa shape index (κ1) is 25.9. The SMILES string of the molecule is CCC(CC)c1cc(CNC(=NC)NCc2c(OC)cc(OC)cc2OC)on1.I. The van der Waals surface area contributed by atoms with E-state index in [0.717, 1.165) is 29.9 Å². The number of halogens is 1. The zero-order valence-corrected chi connectivity index (χ0v) is 20.9. The number of rotatable bonds is 10. The zero-order chi connectivity index (χ0) is 21.2. The quantitative estimate of drug-likeness (QED) is 0.271. The van der Waals surface area contributed by atoms with E-state index in [-0.39, 0.29) is 24.0 Å². The van der Waals surface area contributed by atoms with Crippen LogP contribution in [0.1, 0.15) is 49.6 Å². The Balaban J connectivity index is 0.00000450. The van der Waals surface area contributed by atoms with E-state index >= 15 is 0 Å². The summed E-state index contributed by atoms with van der Waals surface area (Å²) < 4.78 is 21.7. The number of ether oxygens (including phenoxy) is 3. The third kappa shape index (κ3) is 6.68. The molecule has 0 saturated carbocycles. The second-order valence-electron chi connectivity index (χ2n) is 6.52. The van der Waals surface area contributed by atoms with Gasteiger partial charge in [-0.3, -0.25) is 4.99 Å². The predicted molar refractivity (Wildman–Crippen MR) is 128 cm³/mol. The van der Waals surface area contributed by atoms with Gasteiger partial charge in [-0.2, -0.15) is 0 Å². The van der Waals surface area contributed by atoms with Crippen LogP contribution in [0.15, 0.2) is 27.7 Å². The summed E-state index contributed by atoms with van der Waals surface area (Å²) in [6.07, 6.45) is 2.09. The highest BCUT2D eigenvalue weighted by Crippen LogP contribution is 2.33. The van der Waals surface area contributed by atoms with Crippen molar-refractivity contribution in [3.8, 4) is 17.2 Å². The largest absolute Gasteiger partial charge is 0.496 e. The molecule has 0 spiro atoms. The molecular formula is C21H33IN4O4. The first-order chi connectivity index (χ1) is 14.1. The van der Waals surface area contributed by atoms with E-state index in [0.29, 0.717) is 42.2 Å². The van der Waals surface area contributed by atoms with Crippen LogP contribution in [0.5, 0.6) is 17.2 Å². The number of hydrogen-bond acceptors (Lipinski definition) is 6. The standard InChI is InChI=1S/C21H32N4O4.HI/c1-7-14(8-2)18-9-16(29-25-18)12-23-21(22-3)24-13-17-19(27-5)10-15(26-4)11-20(17)28-6;/h9-11,14H,7-8,12-13H2,1-6H3,(H2,22,23,24);1H. The molecule has 0 atom stereocenters. The topological polar surface area (TPSA) is 90.1 Å². The summed E-state index contributed by atoms with van der Waals surface area (Å²) in [4.78, 5) is 4.26. The summed E-state index contributed by atoms with van der Waals surface area (Å²) in [5, 5.41) is 10.7. The normalized spacial score (nSPS) is 11.1. The van der Waals surface area contributed by atoms with Gasteiger partial charge in [0.05, 0.1) is 45.7 Å². The Labute approximate surface area is 195 Å². The maximum Gasteiger partial charge on any atom is 0.191 e. The molecule has 9 heteroatoms. The molecule has 0 unspecified atom stereocenters. The van der Waals surface area contributed by atoms with Crippen molar-refractivity contribution in [2.75, 3.05) is 28.4 Å². The van der Waals surface area contributed by atoms with Gasteiger partial charge in [0.1, 0.15) is 17.2 Å². The minimum Gasteiger partial charge on any atom is -0.496 e. The van der Waals surface area contributed by atoms with E-state index < -0.39 is 0 Å². The first-order valence-electron chi connectivity index (χ1n) is 9.78. The lowest BCUT2D eigenvalue weighted by Gasteiger charge is -2.17. The van der Waals surface area contributed by atoms with E-state index in [1.165, 1.54) is 0 Å². The number of guanidine groups is 1. The third-order valence-electron chi connectivity index (χ3n) is 4.88. The third-order valence-corrected chi connectivity index (χ3v) is 4.88. The van der Waals surface area contributed by atoms with Crippen molar-refractivity contribution in [1.29, 1.82) is 0 Å². The van der Waals surface area contributed by atoms with Crippen LogP contribution in [0.25, 0.3) is 0 Å². The molecule has 2 aromatic rings. The molecule has 1 aromatic carbocycles. The zero-order valence-electron chi connectivity index (χ0n) is 18.6. The van der Waals surface area contributed by atoms with Gasteiger partial charge in [-0.05, 0) is 12.8 Å². The van der Waals surface area contributed by atoms with Crippen molar-refractivity contribution in [3.05, 3.63) is 35.2 Å². The lowest BCUT2D eigenvalue weighted by atomic mass is 9.99. The van der Waals surface area contributed by atoms with E-state index in [1.54, 1.807) is 28.4 Å². The number of aliphatic imine (C=N–C) groups is 1. The number of nitrogens with zero attached hydrogens (tertiary/aromatic N) is 2. The summed E-state index contributed by atoms with van der Waals surface area (Å²) in [6.45, 7) is 5.28. The van der Waals surface area contributed by atoms with Gasteiger partial charge in [0, 0.05) is 31.2 Å². The van der Waals surface area contributed by atoms with Crippen LogP contribution in [-0.2, 0) is 13.1 Å². The van der Waals surface area contributed by atoms with E-state index in [9.17, 15) is 0 Å². The average molecular weight is 532 g/mol. The molecule has 1 heterocycles. The average Bonchev–Trinajstić information content (AvgIpc) is 3.22. The number of methoxy groups -OCH3 is 3. The smallest absolute Gasteiger partial charge is 0.191 e. The van der Waals surface area contributed by atoms with Gasteiger partial charge in [-0.15, -0.1) is 24.0 Å². The van der Waals surface area contributed by atoms with Gasteiger partial charge in [-0.1, -0.05) is 19.0 Å². The summed E-state index contributed by atoms with van der Waals surface area (Å²) in [7, 11) is 6.56. The van der Waals surface area contributed by atoms with Gasteiger partial charge < -0.3 is 29.4 Å². The summed E-state index contributed by atoms with van der Waals surface area (Å²) in [5.74, 6) is 3.85. The molecule has 168 valence electrons. The van der Waals surface area contributed by atoms with Crippen molar-refractivity contribution < 1.29 is 18.7 Å². The molecule has 0 bridgehead atoms. The fraction of sp³-hybridized carbons (Fsp3) is 0.524. The summed E-state index contributed by atoms with van der Waals surface area (Å²) >= 11 is 0. The maximum absolute atomic E-state index is 5.49. The molecule has 8 nitrogen and oxygen atoms in total. The molecule has 0 saturated heterocycles. The highest BCUT2D eigenvalue weighted by atomic mass is 127. The summed E-state index contributed by atoms with van der Waals surface area (Å²) in [5.41, 5.74) is 1.87. The van der Waals surface area contributed by atoms with Crippen molar-refractivity contribution in [1.82, 2.24) is 15.8 Å². The van der Waals surface area contributed by atoms with Crippen molar-refractivity contribution in [2.24, 2.45) is 4.99 Å². The highest BCUT2D eigenvalue weighted by Gasteiger charge is 2.15. The molecule has 1 aromatic heterocycles. The van der Waals surface area contributed by atoms with Gasteiger partial charge in [0.25, 0.3) is 0 Å². The fourth-order valence-corrected chi connectivity index (χ4v) is 3.13. The predicted octanol–water partition coefficient (Wildman–Crippen LogP) is 4.09. The molecule has 30 heavy (non-hydrogen) atoms. The molecule has 0 aliphatic heterocycles. The second kappa shape index (κ2) is 13.2. The van der Waals surface area contributed by atoms with Crippen molar-refractivity contribution in [2.45, 2.75) is 45.7 Å². The Morgan fingerprint density at radius 2 is 1.60 bits per heavy atom. The summed E-state index contributed by atoms with van der Waals surface area (Å²) in [6, 6.07) is 5.65. The Morgan fingerprint density at radius 1 is 1.00 bits per heavy atom. The minimum absolute atomic E-state index is 0. The van der Waals surface area contributed by atoms with Gasteiger partial charge in [0.2, 0.25) is 0 Å². The molecule has 2 N–H and O–H groups in total. The Bertz CT molecular complexity index is 781. The van der Waals surface area contributed by atoms with Crippen LogP contribution < -0.4 is 24.8 Å². The molecule has 0 amide bonds. The number of hydrogen-bond donors (Lipinski definition) is 2. The number of nitrogens with one attached hydrogen (secondary N) is 2. The molecule has 0 radical (unpaired) electrons. The highest BCUT2D eigenvalue weighted by molar-refractivity contribution is 14.0. The van der Waals surface area contributed by atoms with Crippen LogP contribution >= 0.6 is 24.0 Å². The van der Waals surface area contributed by atoms with E-state index in [1.807, 2.05) is 18.2 Å². The van der Waals surface area contributed by atoms with Gasteiger partial charge in [-0.25, -0.2) is 0 Å². The molecule has 0 fully saturated rings. The number of benzene rings is 1. The van der Waals surface area contributed by atoms with Crippen LogP contribution in [0.4, 0.5) is 0 Å². The Kier molecular flexibility index (Phi) is 11.4. The van der Waals surface area contributed by atoms with E-state index in [2.05, 4.69) is 34.6 Å². The maximum atomic E-state index is 5.49. The first-order valence-corrected chi connectivity index (χ1v) is 9.78. The molecular weight excluding hydrogens is 499 g/mol. The van der Waals surface area contributed by atoms with Crippen LogP contribution in [0, 0.1) is 0 Å². The van der Waals surface area contributed by atoms with E-state index in [4.69, 9.17) is 18.7 Å². The Morgan fingerprint density at radius 3 is 2.10 bits per heavy atom. The lowest BCUT2D eigenvalue weighted by Crippen LogP contribution is -2.36. The van der Waals surface area contributed by atoms with Crippen LogP contribution in [0.3, 0.4) is 0 Å². The number of aromatic nitrogens is 1. The van der Waals surface area contributed by atoms with Crippen LogP contribution in [-0.4, -0.2) is 39.5 Å². The van der Waals surface area contributed by atoms with Crippen LogP contribution in [0.2, 0.25) is 0 Å². The Hall–Kier alpha value is -2.17. The minimum atomic E-state index is 0. The van der Waals surface area contributed by atoms with Crippen molar-refractivity contribution in [3.63, 3.8) is 0 Å². The molecule has 0 aliphatic rings. The second-order valence-corrected chi connectivity index (χ2v) is 6.52. The molecule has 0 aliphatic carbocycles. The fourth-order valence-electron chi connectivity index (χ4n) is 3.13. The lowest BCUT2D eigenvalue weighted by molar-refractivity contribution is 0.366. The molecule has 2 rings (SSSR count).